The number of unbranched alkanes of at least 4 members (excludes halogenated alkanes) is 1. The standard InChI is InChI=1S/C13H19NO/c1-3-5-6-11-7-9-12(10-8-11)14-13(15)4-2/h7-10H,3-6H2,1-2H3,(H,14,15). The fourth-order valence-electron chi connectivity index (χ4n) is 1.39. The van der Waals surface area contributed by atoms with Crippen LogP contribution in [0, 0.1) is 0 Å². The number of benzene rings is 1. The summed E-state index contributed by atoms with van der Waals surface area (Å²) in [6.07, 6.45) is 4.09. The molecule has 0 unspecified atom stereocenters. The topological polar surface area (TPSA) is 29.1 Å². The molecule has 1 aromatic rings. The Hall–Kier alpha value is -1.31. The van der Waals surface area contributed by atoms with Crippen LogP contribution in [0.15, 0.2) is 24.3 Å². The van der Waals surface area contributed by atoms with Gasteiger partial charge in [-0.15, -0.1) is 0 Å². The molecule has 0 aromatic heterocycles. The Labute approximate surface area is 91.7 Å². The second kappa shape index (κ2) is 6.23. The number of carbonyl (C=O) groups excluding carboxylic acids is 1. The van der Waals surface area contributed by atoms with Gasteiger partial charge in [-0.05, 0) is 30.5 Å². The highest BCUT2D eigenvalue weighted by Crippen LogP contribution is 2.11. The summed E-state index contributed by atoms with van der Waals surface area (Å²) in [4.78, 5) is 11.1. The monoisotopic (exact) mass is 205 g/mol. The molecule has 2 heteroatoms. The van der Waals surface area contributed by atoms with Gasteiger partial charge in [0.05, 0.1) is 0 Å². The van der Waals surface area contributed by atoms with Gasteiger partial charge in [0.25, 0.3) is 0 Å². The van der Waals surface area contributed by atoms with Crippen LogP contribution in [0.2, 0.25) is 0 Å². The van der Waals surface area contributed by atoms with Crippen LogP contribution in [0.25, 0.3) is 0 Å². The molecular weight excluding hydrogens is 186 g/mol. The normalized spacial score (nSPS) is 10.0. The summed E-state index contributed by atoms with van der Waals surface area (Å²) in [6, 6.07) is 8.11. The van der Waals surface area contributed by atoms with Crippen molar-refractivity contribution in [3.63, 3.8) is 0 Å². The first-order valence-corrected chi connectivity index (χ1v) is 5.65. The highest BCUT2D eigenvalue weighted by molar-refractivity contribution is 5.90. The van der Waals surface area contributed by atoms with Crippen molar-refractivity contribution in [2.75, 3.05) is 5.32 Å². The molecule has 0 radical (unpaired) electrons. The van der Waals surface area contributed by atoms with Crippen LogP contribution < -0.4 is 5.32 Å². The van der Waals surface area contributed by atoms with E-state index in [0.717, 1.165) is 12.1 Å². The molecule has 1 aromatic carbocycles. The Morgan fingerprint density at radius 2 is 1.87 bits per heavy atom. The predicted octanol–water partition coefficient (Wildman–Crippen LogP) is 3.38. The maximum atomic E-state index is 11.1. The zero-order valence-corrected chi connectivity index (χ0v) is 9.55. The summed E-state index contributed by atoms with van der Waals surface area (Å²) in [7, 11) is 0. The van der Waals surface area contributed by atoms with Crippen LogP contribution in [0.4, 0.5) is 5.69 Å². The SMILES string of the molecule is CCCCc1ccc(NC(=O)CC)cc1. The number of rotatable bonds is 5. The van der Waals surface area contributed by atoms with E-state index >= 15 is 0 Å². The molecular formula is C13H19NO. The van der Waals surface area contributed by atoms with Crippen LogP contribution in [0.3, 0.4) is 0 Å². The van der Waals surface area contributed by atoms with Crippen molar-refractivity contribution in [2.45, 2.75) is 39.5 Å². The van der Waals surface area contributed by atoms with Gasteiger partial charge < -0.3 is 5.32 Å². The second-order valence-corrected chi connectivity index (χ2v) is 3.70. The number of nitrogens with one attached hydrogen (secondary N) is 1. The molecule has 0 saturated carbocycles. The van der Waals surface area contributed by atoms with Crippen molar-refractivity contribution in [2.24, 2.45) is 0 Å². The van der Waals surface area contributed by atoms with E-state index in [4.69, 9.17) is 0 Å². The van der Waals surface area contributed by atoms with E-state index in [9.17, 15) is 4.79 Å². The zero-order valence-electron chi connectivity index (χ0n) is 9.55. The fraction of sp³-hybridized carbons (Fsp3) is 0.462. The van der Waals surface area contributed by atoms with Crippen molar-refractivity contribution in [3.8, 4) is 0 Å². The van der Waals surface area contributed by atoms with E-state index in [1.54, 1.807) is 0 Å². The van der Waals surface area contributed by atoms with Crippen LogP contribution in [-0.2, 0) is 11.2 Å². The van der Waals surface area contributed by atoms with Crippen LogP contribution >= 0.6 is 0 Å². The first-order valence-electron chi connectivity index (χ1n) is 5.65. The van der Waals surface area contributed by atoms with E-state index in [0.29, 0.717) is 6.42 Å². The summed E-state index contributed by atoms with van der Waals surface area (Å²) in [5, 5.41) is 2.84. The fourth-order valence-corrected chi connectivity index (χ4v) is 1.39. The number of hydrogen-bond donors (Lipinski definition) is 1. The maximum absolute atomic E-state index is 11.1. The summed E-state index contributed by atoms with van der Waals surface area (Å²) < 4.78 is 0. The Morgan fingerprint density at radius 3 is 2.40 bits per heavy atom. The van der Waals surface area contributed by atoms with Gasteiger partial charge in [-0.2, -0.15) is 0 Å². The lowest BCUT2D eigenvalue weighted by molar-refractivity contribution is -0.115. The molecule has 0 saturated heterocycles. The van der Waals surface area contributed by atoms with Crippen LogP contribution in [0.1, 0.15) is 38.7 Å². The lowest BCUT2D eigenvalue weighted by atomic mass is 10.1. The lowest BCUT2D eigenvalue weighted by Gasteiger charge is -2.04. The quantitative estimate of drug-likeness (QED) is 0.784. The summed E-state index contributed by atoms with van der Waals surface area (Å²) >= 11 is 0. The van der Waals surface area contributed by atoms with Crippen molar-refractivity contribution in [3.05, 3.63) is 29.8 Å². The molecule has 0 aliphatic carbocycles. The number of anilines is 1. The number of aryl methyl sites for hydroxylation is 1. The highest BCUT2D eigenvalue weighted by Gasteiger charge is 1.98. The predicted molar refractivity (Wildman–Crippen MR) is 64.0 cm³/mol. The summed E-state index contributed by atoms with van der Waals surface area (Å²) in [6.45, 7) is 4.04. The largest absolute Gasteiger partial charge is 0.326 e. The number of hydrogen-bond acceptors (Lipinski definition) is 1. The highest BCUT2D eigenvalue weighted by atomic mass is 16.1. The van der Waals surface area contributed by atoms with Crippen molar-refractivity contribution in [1.82, 2.24) is 0 Å². The molecule has 0 aliphatic heterocycles. The minimum absolute atomic E-state index is 0.0660. The van der Waals surface area contributed by atoms with E-state index in [2.05, 4.69) is 24.4 Å². The van der Waals surface area contributed by atoms with Crippen LogP contribution in [-0.4, -0.2) is 5.91 Å². The third kappa shape index (κ3) is 4.15. The van der Waals surface area contributed by atoms with E-state index in [1.165, 1.54) is 18.4 Å². The second-order valence-electron chi connectivity index (χ2n) is 3.70. The first-order chi connectivity index (χ1) is 7.26. The zero-order chi connectivity index (χ0) is 11.1. The van der Waals surface area contributed by atoms with E-state index in [-0.39, 0.29) is 5.91 Å². The molecule has 1 N–H and O–H groups in total. The lowest BCUT2D eigenvalue weighted by Crippen LogP contribution is -2.09. The van der Waals surface area contributed by atoms with Gasteiger partial charge >= 0.3 is 0 Å². The Morgan fingerprint density at radius 1 is 1.20 bits per heavy atom. The van der Waals surface area contributed by atoms with E-state index in [1.807, 2.05) is 19.1 Å². The molecule has 1 amide bonds. The van der Waals surface area contributed by atoms with Crippen molar-refractivity contribution < 1.29 is 4.79 Å². The third-order valence-electron chi connectivity index (χ3n) is 2.38. The van der Waals surface area contributed by atoms with Gasteiger partial charge in [0.15, 0.2) is 0 Å². The molecule has 0 aliphatic rings. The molecule has 15 heavy (non-hydrogen) atoms. The molecule has 0 bridgehead atoms. The number of carbonyl (C=O) groups is 1. The molecule has 0 fully saturated rings. The van der Waals surface area contributed by atoms with E-state index < -0.39 is 0 Å². The smallest absolute Gasteiger partial charge is 0.224 e. The Kier molecular flexibility index (Phi) is 4.88. The molecule has 1 rings (SSSR count). The van der Waals surface area contributed by atoms with Crippen molar-refractivity contribution in [1.29, 1.82) is 0 Å². The third-order valence-corrected chi connectivity index (χ3v) is 2.38. The van der Waals surface area contributed by atoms with Gasteiger partial charge in [0, 0.05) is 12.1 Å². The average Bonchev–Trinajstić information content (AvgIpc) is 2.28. The summed E-state index contributed by atoms with van der Waals surface area (Å²) in [5.74, 6) is 0.0660. The molecule has 0 spiro atoms. The number of amides is 1. The molecule has 0 heterocycles. The van der Waals surface area contributed by atoms with Gasteiger partial charge in [0.2, 0.25) is 5.91 Å². The Balaban J connectivity index is 2.52. The minimum Gasteiger partial charge on any atom is -0.326 e. The molecule has 82 valence electrons. The minimum atomic E-state index is 0.0660. The summed E-state index contributed by atoms with van der Waals surface area (Å²) in [5.41, 5.74) is 2.23. The maximum Gasteiger partial charge on any atom is 0.224 e. The molecule has 0 atom stereocenters. The Bertz CT molecular complexity index is 303. The van der Waals surface area contributed by atoms with Gasteiger partial charge in [-0.25, -0.2) is 0 Å². The van der Waals surface area contributed by atoms with Crippen molar-refractivity contribution >= 4 is 11.6 Å². The molecule has 2 nitrogen and oxygen atoms in total. The first kappa shape index (κ1) is 11.8. The van der Waals surface area contributed by atoms with Gasteiger partial charge in [-0.1, -0.05) is 32.4 Å². The van der Waals surface area contributed by atoms with Crippen LogP contribution in [0.5, 0.6) is 0 Å². The van der Waals surface area contributed by atoms with Gasteiger partial charge in [0.1, 0.15) is 0 Å². The average molecular weight is 205 g/mol. The van der Waals surface area contributed by atoms with Gasteiger partial charge in [-0.3, -0.25) is 4.79 Å².